The number of carbonyl (C=O) groups is 2. The molecule has 0 fully saturated rings. The molecule has 88 valence electrons. The largest absolute Gasteiger partial charge is 0.480 e. The van der Waals surface area contributed by atoms with Gasteiger partial charge in [-0.2, -0.15) is 11.8 Å². The van der Waals surface area contributed by atoms with E-state index in [0.717, 1.165) is 5.75 Å². The maximum atomic E-state index is 11.2. The number of amides is 1. The molecule has 4 nitrogen and oxygen atoms in total. The Kier molecular flexibility index (Phi) is 7.60. The fraction of sp³-hybridized carbons (Fsp3) is 0.778. The Bertz CT molecular complexity index is 223. The van der Waals surface area contributed by atoms with Gasteiger partial charge in [0.25, 0.3) is 0 Å². The second-order valence-electron chi connectivity index (χ2n) is 3.00. The van der Waals surface area contributed by atoms with Crippen LogP contribution >= 0.6 is 23.4 Å². The lowest BCUT2D eigenvalue weighted by atomic mass is 10.2. The van der Waals surface area contributed by atoms with Crippen molar-refractivity contribution in [1.29, 1.82) is 0 Å². The first-order valence-electron chi connectivity index (χ1n) is 4.74. The summed E-state index contributed by atoms with van der Waals surface area (Å²) in [6.07, 6.45) is 0.420. The molecule has 1 amide bonds. The predicted molar refractivity (Wildman–Crippen MR) is 62.5 cm³/mol. The third kappa shape index (κ3) is 6.62. The fourth-order valence-corrected chi connectivity index (χ4v) is 1.64. The maximum Gasteiger partial charge on any atom is 0.326 e. The van der Waals surface area contributed by atoms with Crippen LogP contribution < -0.4 is 5.32 Å². The van der Waals surface area contributed by atoms with Gasteiger partial charge in [0.1, 0.15) is 11.4 Å². The number of carboxylic acids is 1. The molecule has 2 atom stereocenters. The number of hydrogen-bond donors (Lipinski definition) is 2. The number of nitrogens with one attached hydrogen (secondary N) is 1. The van der Waals surface area contributed by atoms with Crippen molar-refractivity contribution in [3.8, 4) is 0 Å². The van der Waals surface area contributed by atoms with Crippen LogP contribution in [0, 0.1) is 0 Å². The van der Waals surface area contributed by atoms with E-state index in [-0.39, 0.29) is 0 Å². The lowest BCUT2D eigenvalue weighted by molar-refractivity contribution is -0.141. The molecule has 0 radical (unpaired) electrons. The van der Waals surface area contributed by atoms with Gasteiger partial charge < -0.3 is 10.4 Å². The zero-order chi connectivity index (χ0) is 11.8. The number of carboxylic acid groups (broad SMARTS) is 1. The van der Waals surface area contributed by atoms with E-state index in [2.05, 4.69) is 5.32 Å². The standard InChI is InChI=1S/C9H16ClNO3S/c1-3-15-5-4-7(9(13)14)11-8(12)6(2)10/h6-7H,3-5H2,1-2H3,(H,11,12)(H,13,14). The summed E-state index contributed by atoms with van der Waals surface area (Å²) >= 11 is 7.17. The molecule has 2 unspecified atom stereocenters. The highest BCUT2D eigenvalue weighted by molar-refractivity contribution is 7.99. The van der Waals surface area contributed by atoms with Crippen LogP contribution in [0.2, 0.25) is 0 Å². The number of aliphatic carboxylic acids is 1. The van der Waals surface area contributed by atoms with E-state index in [1.807, 2.05) is 6.92 Å². The van der Waals surface area contributed by atoms with E-state index in [1.54, 1.807) is 11.8 Å². The van der Waals surface area contributed by atoms with Gasteiger partial charge >= 0.3 is 5.97 Å². The summed E-state index contributed by atoms with van der Waals surface area (Å²) in [5.41, 5.74) is 0. The lowest BCUT2D eigenvalue weighted by Crippen LogP contribution is -2.43. The Balaban J connectivity index is 4.05. The van der Waals surface area contributed by atoms with Gasteiger partial charge in [-0.25, -0.2) is 4.79 Å². The van der Waals surface area contributed by atoms with Crippen molar-refractivity contribution in [2.75, 3.05) is 11.5 Å². The fourth-order valence-electron chi connectivity index (χ4n) is 0.889. The van der Waals surface area contributed by atoms with E-state index in [0.29, 0.717) is 12.2 Å². The highest BCUT2D eigenvalue weighted by Crippen LogP contribution is 2.05. The van der Waals surface area contributed by atoms with Gasteiger partial charge in [0.15, 0.2) is 0 Å². The quantitative estimate of drug-likeness (QED) is 0.531. The molecule has 0 aromatic carbocycles. The minimum Gasteiger partial charge on any atom is -0.480 e. The predicted octanol–water partition coefficient (Wildman–Crippen LogP) is 1.33. The summed E-state index contributed by atoms with van der Waals surface area (Å²) in [6, 6.07) is -0.835. The molecule has 0 aromatic heterocycles. The topological polar surface area (TPSA) is 66.4 Å². The number of hydrogen-bond acceptors (Lipinski definition) is 3. The Labute approximate surface area is 98.8 Å². The minimum atomic E-state index is -1.02. The summed E-state index contributed by atoms with van der Waals surface area (Å²) in [6.45, 7) is 3.51. The Morgan fingerprint density at radius 1 is 1.53 bits per heavy atom. The summed E-state index contributed by atoms with van der Waals surface area (Å²) in [5.74, 6) is 0.194. The van der Waals surface area contributed by atoms with Crippen LogP contribution in [0.25, 0.3) is 0 Å². The van der Waals surface area contributed by atoms with Gasteiger partial charge in [0.05, 0.1) is 0 Å². The Morgan fingerprint density at radius 2 is 2.13 bits per heavy atom. The van der Waals surface area contributed by atoms with Gasteiger partial charge in [-0.15, -0.1) is 11.6 Å². The normalized spacial score (nSPS) is 14.3. The van der Waals surface area contributed by atoms with Crippen molar-refractivity contribution in [3.63, 3.8) is 0 Å². The average Bonchev–Trinajstić information content (AvgIpc) is 2.15. The first kappa shape index (κ1) is 14.6. The minimum absolute atomic E-state index is 0.420. The average molecular weight is 254 g/mol. The molecule has 0 rings (SSSR count). The van der Waals surface area contributed by atoms with Crippen molar-refractivity contribution < 1.29 is 14.7 Å². The summed E-state index contributed by atoms with van der Waals surface area (Å²) in [5, 5.41) is 10.5. The lowest BCUT2D eigenvalue weighted by Gasteiger charge is -2.14. The molecule has 6 heteroatoms. The summed E-state index contributed by atoms with van der Waals surface area (Å²) in [7, 11) is 0. The molecule has 0 saturated carbocycles. The first-order chi connectivity index (χ1) is 6.99. The molecule has 0 bridgehead atoms. The van der Waals surface area contributed by atoms with Crippen molar-refractivity contribution in [2.24, 2.45) is 0 Å². The first-order valence-corrected chi connectivity index (χ1v) is 6.33. The smallest absolute Gasteiger partial charge is 0.326 e. The van der Waals surface area contributed by atoms with Gasteiger partial charge in [-0.3, -0.25) is 4.79 Å². The van der Waals surface area contributed by atoms with Crippen LogP contribution in [0.5, 0.6) is 0 Å². The van der Waals surface area contributed by atoms with E-state index in [4.69, 9.17) is 16.7 Å². The molecule has 15 heavy (non-hydrogen) atoms. The molecule has 0 aliphatic heterocycles. The van der Waals surface area contributed by atoms with Crippen molar-refractivity contribution in [3.05, 3.63) is 0 Å². The van der Waals surface area contributed by atoms with Crippen LogP contribution in [0.15, 0.2) is 0 Å². The number of thioether (sulfide) groups is 1. The van der Waals surface area contributed by atoms with Crippen molar-refractivity contribution in [1.82, 2.24) is 5.32 Å². The van der Waals surface area contributed by atoms with Gasteiger partial charge in [0, 0.05) is 0 Å². The van der Waals surface area contributed by atoms with E-state index >= 15 is 0 Å². The van der Waals surface area contributed by atoms with Crippen LogP contribution in [0.4, 0.5) is 0 Å². The van der Waals surface area contributed by atoms with Gasteiger partial charge in [-0.05, 0) is 24.9 Å². The number of halogens is 1. The number of rotatable bonds is 7. The molecule has 0 saturated heterocycles. The molecule has 0 aliphatic carbocycles. The van der Waals surface area contributed by atoms with E-state index < -0.39 is 23.3 Å². The molecule has 2 N–H and O–H groups in total. The SMILES string of the molecule is CCSCCC(NC(=O)C(C)Cl)C(=O)O. The molecular formula is C9H16ClNO3S. The third-order valence-electron chi connectivity index (χ3n) is 1.73. The molecule has 0 heterocycles. The van der Waals surface area contributed by atoms with Crippen LogP contribution in [-0.4, -0.2) is 39.9 Å². The third-order valence-corrected chi connectivity index (χ3v) is 2.86. The van der Waals surface area contributed by atoms with Crippen LogP contribution in [-0.2, 0) is 9.59 Å². The maximum absolute atomic E-state index is 11.2. The number of carbonyl (C=O) groups excluding carboxylic acids is 1. The van der Waals surface area contributed by atoms with Crippen LogP contribution in [0.1, 0.15) is 20.3 Å². The second-order valence-corrected chi connectivity index (χ2v) is 5.05. The highest BCUT2D eigenvalue weighted by atomic mass is 35.5. The Hall–Kier alpha value is -0.420. The zero-order valence-corrected chi connectivity index (χ0v) is 10.4. The number of alkyl halides is 1. The van der Waals surface area contributed by atoms with Crippen molar-refractivity contribution in [2.45, 2.75) is 31.7 Å². The van der Waals surface area contributed by atoms with Crippen LogP contribution in [0.3, 0.4) is 0 Å². The highest BCUT2D eigenvalue weighted by Gasteiger charge is 2.21. The van der Waals surface area contributed by atoms with Gasteiger partial charge in [0.2, 0.25) is 5.91 Å². The zero-order valence-electron chi connectivity index (χ0n) is 8.83. The molecule has 0 aromatic rings. The van der Waals surface area contributed by atoms with Crippen molar-refractivity contribution >= 4 is 35.2 Å². The van der Waals surface area contributed by atoms with Gasteiger partial charge in [-0.1, -0.05) is 6.92 Å². The van der Waals surface area contributed by atoms with E-state index in [1.165, 1.54) is 6.92 Å². The molecular weight excluding hydrogens is 238 g/mol. The molecule has 0 spiro atoms. The van der Waals surface area contributed by atoms with E-state index in [9.17, 15) is 9.59 Å². The second kappa shape index (κ2) is 7.82. The summed E-state index contributed by atoms with van der Waals surface area (Å²) in [4.78, 5) is 22.0. The molecule has 0 aliphatic rings. The Morgan fingerprint density at radius 3 is 2.53 bits per heavy atom. The monoisotopic (exact) mass is 253 g/mol. The summed E-state index contributed by atoms with van der Waals surface area (Å²) < 4.78 is 0.